The Bertz CT molecular complexity index is 1020. The molecule has 3 rings (SSSR count). The molecule has 0 aromatic heterocycles. The molecule has 0 radical (unpaired) electrons. The second kappa shape index (κ2) is 9.30. The lowest BCUT2D eigenvalue weighted by Gasteiger charge is -2.11. The monoisotopic (exact) mass is 394 g/mol. The van der Waals surface area contributed by atoms with Crippen LogP contribution >= 0.6 is 0 Å². The van der Waals surface area contributed by atoms with Gasteiger partial charge in [0.1, 0.15) is 0 Å². The molecule has 0 aliphatic heterocycles. The highest BCUT2D eigenvalue weighted by Crippen LogP contribution is 2.23. The van der Waals surface area contributed by atoms with E-state index in [9.17, 15) is 13.2 Å². The third-order valence-corrected chi connectivity index (χ3v) is 5.58. The number of rotatable bonds is 8. The Labute approximate surface area is 165 Å². The maximum atomic E-state index is 12.6. The van der Waals surface area contributed by atoms with E-state index in [0.717, 1.165) is 16.7 Å². The van der Waals surface area contributed by atoms with Crippen LogP contribution in [0.5, 0.6) is 0 Å². The lowest BCUT2D eigenvalue weighted by molar-refractivity contribution is 0.0957. The fourth-order valence-electron chi connectivity index (χ4n) is 2.81. The molecule has 5 nitrogen and oxygen atoms in total. The van der Waals surface area contributed by atoms with E-state index >= 15 is 0 Å². The minimum atomic E-state index is -3.48. The summed E-state index contributed by atoms with van der Waals surface area (Å²) in [5.41, 5.74) is 3.14. The molecular formula is C22H22N2O3S. The van der Waals surface area contributed by atoms with Crippen LogP contribution in [0.4, 0.5) is 0 Å². The Hall–Kier alpha value is -2.96. The second-order valence-electron chi connectivity index (χ2n) is 6.29. The van der Waals surface area contributed by atoms with Gasteiger partial charge in [-0.1, -0.05) is 78.9 Å². The first-order chi connectivity index (χ1) is 13.6. The molecule has 0 bridgehead atoms. The van der Waals surface area contributed by atoms with Gasteiger partial charge in [-0.2, -0.15) is 0 Å². The molecule has 0 saturated carbocycles. The fourth-order valence-corrected chi connectivity index (χ4v) is 3.71. The van der Waals surface area contributed by atoms with E-state index < -0.39 is 10.0 Å². The van der Waals surface area contributed by atoms with Crippen LogP contribution in [-0.4, -0.2) is 26.6 Å². The molecule has 0 atom stereocenters. The quantitative estimate of drug-likeness (QED) is 0.616. The minimum Gasteiger partial charge on any atom is -0.351 e. The second-order valence-corrected chi connectivity index (χ2v) is 8.22. The number of carbonyl (C=O) groups is 1. The molecule has 28 heavy (non-hydrogen) atoms. The van der Waals surface area contributed by atoms with Crippen LogP contribution in [0.1, 0.15) is 15.9 Å². The number of hydrogen-bond acceptors (Lipinski definition) is 3. The lowest BCUT2D eigenvalue weighted by atomic mass is 9.99. The highest BCUT2D eigenvalue weighted by atomic mass is 32.2. The summed E-state index contributed by atoms with van der Waals surface area (Å²) in [6, 6.07) is 26.2. The Kier molecular flexibility index (Phi) is 6.57. The van der Waals surface area contributed by atoms with E-state index in [1.807, 2.05) is 72.8 Å². The van der Waals surface area contributed by atoms with Gasteiger partial charge in [0.25, 0.3) is 5.91 Å². The number of sulfonamides is 1. The van der Waals surface area contributed by atoms with E-state index in [2.05, 4.69) is 10.0 Å². The number of carbonyl (C=O) groups excluding carboxylic acids is 1. The first-order valence-electron chi connectivity index (χ1n) is 8.99. The summed E-state index contributed by atoms with van der Waals surface area (Å²) in [6.07, 6.45) is 0. The number of hydrogen-bond donors (Lipinski definition) is 2. The summed E-state index contributed by atoms with van der Waals surface area (Å²) in [5.74, 6) is -0.475. The van der Waals surface area contributed by atoms with Gasteiger partial charge in [0.2, 0.25) is 10.0 Å². The van der Waals surface area contributed by atoms with Gasteiger partial charge in [-0.15, -0.1) is 0 Å². The fraction of sp³-hybridized carbons (Fsp3) is 0.136. The summed E-state index contributed by atoms with van der Waals surface area (Å²) < 4.78 is 26.8. The van der Waals surface area contributed by atoms with E-state index in [-0.39, 0.29) is 24.7 Å². The molecule has 0 aliphatic rings. The van der Waals surface area contributed by atoms with Gasteiger partial charge < -0.3 is 5.32 Å². The molecule has 3 aromatic carbocycles. The Balaban J connectivity index is 1.57. The zero-order valence-electron chi connectivity index (χ0n) is 15.3. The number of benzene rings is 3. The average Bonchev–Trinajstić information content (AvgIpc) is 2.73. The predicted octanol–water partition coefficient (Wildman–Crippen LogP) is 3.20. The van der Waals surface area contributed by atoms with Crippen LogP contribution in [0.15, 0.2) is 84.9 Å². The summed E-state index contributed by atoms with van der Waals surface area (Å²) in [4.78, 5) is 12.6. The van der Waals surface area contributed by atoms with Gasteiger partial charge in [0.15, 0.2) is 0 Å². The molecule has 1 amide bonds. The van der Waals surface area contributed by atoms with Crippen LogP contribution in [0.2, 0.25) is 0 Å². The summed E-state index contributed by atoms with van der Waals surface area (Å²) in [7, 11) is -3.48. The maximum absolute atomic E-state index is 12.6. The van der Waals surface area contributed by atoms with Crippen LogP contribution < -0.4 is 10.0 Å². The molecule has 0 aliphatic carbocycles. The van der Waals surface area contributed by atoms with E-state index in [4.69, 9.17) is 0 Å². The van der Waals surface area contributed by atoms with Crippen molar-refractivity contribution in [2.45, 2.75) is 6.54 Å². The zero-order valence-corrected chi connectivity index (χ0v) is 16.2. The van der Waals surface area contributed by atoms with Gasteiger partial charge in [0, 0.05) is 18.7 Å². The van der Waals surface area contributed by atoms with Gasteiger partial charge in [0.05, 0.1) is 5.75 Å². The van der Waals surface area contributed by atoms with E-state index in [1.54, 1.807) is 12.1 Å². The molecule has 2 N–H and O–H groups in total. The molecule has 0 heterocycles. The summed E-state index contributed by atoms with van der Waals surface area (Å²) >= 11 is 0. The highest BCUT2D eigenvalue weighted by Gasteiger charge is 2.14. The third-order valence-electron chi connectivity index (χ3n) is 4.25. The first kappa shape index (κ1) is 19.8. The average molecular weight is 394 g/mol. The van der Waals surface area contributed by atoms with Crippen LogP contribution in [-0.2, 0) is 16.6 Å². The normalized spacial score (nSPS) is 11.1. The van der Waals surface area contributed by atoms with Crippen molar-refractivity contribution in [3.05, 3.63) is 96.1 Å². The van der Waals surface area contributed by atoms with Gasteiger partial charge in [-0.25, -0.2) is 13.1 Å². The molecule has 6 heteroatoms. The van der Waals surface area contributed by atoms with Crippen molar-refractivity contribution in [3.8, 4) is 11.1 Å². The minimum absolute atomic E-state index is 0.0338. The summed E-state index contributed by atoms with van der Waals surface area (Å²) in [6.45, 7) is 0.264. The van der Waals surface area contributed by atoms with Crippen molar-refractivity contribution in [2.24, 2.45) is 0 Å². The highest BCUT2D eigenvalue weighted by molar-refractivity contribution is 7.89. The van der Waals surface area contributed by atoms with E-state index in [1.165, 1.54) is 0 Å². The standard InChI is InChI=1S/C22H22N2O3S/c25-22(21-14-8-7-13-20(21)19-11-5-2-6-12-19)23-15-16-28(26,27)24-17-18-9-3-1-4-10-18/h1-14,24H,15-17H2,(H,23,25). The Morgan fingerprint density at radius 1 is 0.786 bits per heavy atom. The zero-order chi connectivity index (χ0) is 19.8. The van der Waals surface area contributed by atoms with Gasteiger partial charge >= 0.3 is 0 Å². The van der Waals surface area contributed by atoms with Crippen molar-refractivity contribution in [2.75, 3.05) is 12.3 Å². The molecule has 3 aromatic rings. The van der Waals surface area contributed by atoms with Gasteiger partial charge in [-0.05, 0) is 22.8 Å². The largest absolute Gasteiger partial charge is 0.351 e. The van der Waals surface area contributed by atoms with Crippen molar-refractivity contribution in [1.82, 2.24) is 10.0 Å². The smallest absolute Gasteiger partial charge is 0.251 e. The number of nitrogens with one attached hydrogen (secondary N) is 2. The topological polar surface area (TPSA) is 75.3 Å². The lowest BCUT2D eigenvalue weighted by Crippen LogP contribution is -2.34. The van der Waals surface area contributed by atoms with Crippen molar-refractivity contribution >= 4 is 15.9 Å². The van der Waals surface area contributed by atoms with Crippen molar-refractivity contribution < 1.29 is 13.2 Å². The summed E-state index contributed by atoms with van der Waals surface area (Å²) in [5, 5.41) is 2.71. The Morgan fingerprint density at radius 2 is 1.39 bits per heavy atom. The third kappa shape index (κ3) is 5.52. The van der Waals surface area contributed by atoms with Gasteiger partial charge in [-0.3, -0.25) is 4.79 Å². The Morgan fingerprint density at radius 3 is 2.11 bits per heavy atom. The molecule has 0 saturated heterocycles. The van der Waals surface area contributed by atoms with Crippen molar-refractivity contribution in [1.29, 1.82) is 0 Å². The SMILES string of the molecule is O=C(NCCS(=O)(=O)NCc1ccccc1)c1ccccc1-c1ccccc1. The number of amides is 1. The molecule has 0 fully saturated rings. The van der Waals surface area contributed by atoms with Crippen LogP contribution in [0.25, 0.3) is 11.1 Å². The molecule has 144 valence electrons. The van der Waals surface area contributed by atoms with Crippen LogP contribution in [0, 0.1) is 0 Å². The molecule has 0 unspecified atom stereocenters. The first-order valence-corrected chi connectivity index (χ1v) is 10.6. The maximum Gasteiger partial charge on any atom is 0.251 e. The molecular weight excluding hydrogens is 372 g/mol. The van der Waals surface area contributed by atoms with Crippen molar-refractivity contribution in [3.63, 3.8) is 0 Å². The van der Waals surface area contributed by atoms with Crippen LogP contribution in [0.3, 0.4) is 0 Å². The molecule has 0 spiro atoms. The predicted molar refractivity (Wildman–Crippen MR) is 111 cm³/mol. The van der Waals surface area contributed by atoms with E-state index in [0.29, 0.717) is 5.56 Å².